The molecule has 0 unspecified atom stereocenters. The van der Waals surface area contributed by atoms with Crippen LogP contribution in [-0.4, -0.2) is 21.8 Å². The second-order valence-electron chi connectivity index (χ2n) is 5.64. The summed E-state index contributed by atoms with van der Waals surface area (Å²) in [6.45, 7) is 1.68. The lowest BCUT2D eigenvalue weighted by atomic mass is 10.1. The molecule has 1 saturated heterocycles. The first kappa shape index (κ1) is 15.6. The number of hydrogen-bond acceptors (Lipinski definition) is 5. The summed E-state index contributed by atoms with van der Waals surface area (Å²) in [5.74, 6) is -0.159. The summed E-state index contributed by atoms with van der Waals surface area (Å²) in [6.07, 6.45) is 5.07. The lowest BCUT2D eigenvalue weighted by Gasteiger charge is -2.12. The van der Waals surface area contributed by atoms with Crippen LogP contribution in [0.5, 0.6) is 6.01 Å². The quantitative estimate of drug-likeness (QED) is 0.919. The van der Waals surface area contributed by atoms with Gasteiger partial charge in [-0.1, -0.05) is 18.2 Å². The second-order valence-corrected chi connectivity index (χ2v) is 5.64. The Kier molecular flexibility index (Phi) is 4.62. The van der Waals surface area contributed by atoms with Crippen LogP contribution in [0.3, 0.4) is 0 Å². The number of carbonyl (C=O) groups is 1. The van der Waals surface area contributed by atoms with Crippen molar-refractivity contribution < 1.29 is 13.9 Å². The maximum atomic E-state index is 13.5. The van der Waals surface area contributed by atoms with Crippen LogP contribution in [0.15, 0.2) is 36.7 Å². The fraction of sp³-hybridized carbons (Fsp3) is 0.353. The third kappa shape index (κ3) is 3.71. The van der Waals surface area contributed by atoms with Gasteiger partial charge in [0.05, 0.1) is 6.04 Å². The van der Waals surface area contributed by atoms with Crippen LogP contribution in [-0.2, 0) is 11.4 Å². The summed E-state index contributed by atoms with van der Waals surface area (Å²) in [5.41, 5.74) is 1.38. The molecular weight excluding hydrogens is 297 g/mol. The van der Waals surface area contributed by atoms with E-state index < -0.39 is 0 Å². The van der Waals surface area contributed by atoms with Crippen molar-refractivity contribution in [1.29, 1.82) is 0 Å². The standard InChI is InChI=1S/C17H18FN3O2/c1-11(22)15-6-7-16(21-15)13-8-19-17(20-9-13)23-10-12-4-2-3-5-14(12)18/h2-5,8-9,15-16,21H,6-7,10H2,1H3/t15-,16+/m0/s1. The molecule has 0 radical (unpaired) electrons. The number of halogens is 1. The summed E-state index contributed by atoms with van der Waals surface area (Å²) >= 11 is 0. The van der Waals surface area contributed by atoms with Gasteiger partial charge in [-0.05, 0) is 25.8 Å². The van der Waals surface area contributed by atoms with Crippen molar-refractivity contribution in [2.24, 2.45) is 0 Å². The van der Waals surface area contributed by atoms with Crippen molar-refractivity contribution in [2.45, 2.75) is 38.5 Å². The third-order valence-electron chi connectivity index (χ3n) is 4.00. The van der Waals surface area contributed by atoms with E-state index in [0.29, 0.717) is 5.56 Å². The molecule has 0 bridgehead atoms. The van der Waals surface area contributed by atoms with Gasteiger partial charge in [0.1, 0.15) is 18.2 Å². The van der Waals surface area contributed by atoms with E-state index in [4.69, 9.17) is 4.74 Å². The number of nitrogens with one attached hydrogen (secondary N) is 1. The van der Waals surface area contributed by atoms with Crippen LogP contribution < -0.4 is 10.1 Å². The Morgan fingerprint density at radius 3 is 2.70 bits per heavy atom. The number of nitrogens with zero attached hydrogens (tertiary/aromatic N) is 2. The lowest BCUT2D eigenvalue weighted by molar-refractivity contribution is -0.118. The minimum Gasteiger partial charge on any atom is -0.458 e. The fourth-order valence-electron chi connectivity index (χ4n) is 2.66. The molecule has 1 aliphatic rings. The predicted octanol–water partition coefficient (Wildman–Crippen LogP) is 2.58. The highest BCUT2D eigenvalue weighted by Gasteiger charge is 2.28. The van der Waals surface area contributed by atoms with E-state index in [0.717, 1.165) is 18.4 Å². The predicted molar refractivity (Wildman–Crippen MR) is 82.3 cm³/mol. The zero-order chi connectivity index (χ0) is 16.2. The molecular formula is C17H18FN3O2. The van der Waals surface area contributed by atoms with E-state index >= 15 is 0 Å². The van der Waals surface area contributed by atoms with Crippen molar-refractivity contribution >= 4 is 5.78 Å². The molecule has 0 aliphatic carbocycles. The molecule has 2 heterocycles. The average molecular weight is 315 g/mol. The van der Waals surface area contributed by atoms with Crippen molar-refractivity contribution in [3.63, 3.8) is 0 Å². The first-order chi connectivity index (χ1) is 11.1. The van der Waals surface area contributed by atoms with Crippen LogP contribution in [0.4, 0.5) is 4.39 Å². The largest absolute Gasteiger partial charge is 0.458 e. The molecule has 2 aromatic rings. The molecule has 23 heavy (non-hydrogen) atoms. The minimum atomic E-state index is -0.311. The zero-order valence-corrected chi connectivity index (χ0v) is 12.8. The van der Waals surface area contributed by atoms with Crippen LogP contribution >= 0.6 is 0 Å². The van der Waals surface area contributed by atoms with E-state index in [1.807, 2.05) is 0 Å². The smallest absolute Gasteiger partial charge is 0.316 e. The Morgan fingerprint density at radius 2 is 2.04 bits per heavy atom. The average Bonchev–Trinajstić information content (AvgIpc) is 3.05. The number of Topliss-reactive ketones (excluding diaryl/α,β-unsaturated/α-hetero) is 1. The van der Waals surface area contributed by atoms with Crippen molar-refractivity contribution in [3.8, 4) is 6.01 Å². The van der Waals surface area contributed by atoms with E-state index in [1.165, 1.54) is 6.07 Å². The molecule has 1 N–H and O–H groups in total. The summed E-state index contributed by atoms with van der Waals surface area (Å²) < 4.78 is 18.9. The molecule has 0 spiro atoms. The van der Waals surface area contributed by atoms with Gasteiger partial charge < -0.3 is 10.1 Å². The van der Waals surface area contributed by atoms with Gasteiger partial charge in [0.25, 0.3) is 0 Å². The molecule has 0 amide bonds. The van der Waals surface area contributed by atoms with Crippen LogP contribution in [0.25, 0.3) is 0 Å². The molecule has 1 fully saturated rings. The Morgan fingerprint density at radius 1 is 1.30 bits per heavy atom. The Balaban J connectivity index is 1.59. The van der Waals surface area contributed by atoms with Crippen LogP contribution in [0.2, 0.25) is 0 Å². The highest BCUT2D eigenvalue weighted by atomic mass is 19.1. The van der Waals surface area contributed by atoms with Gasteiger partial charge >= 0.3 is 6.01 Å². The Labute approximate surface area is 133 Å². The van der Waals surface area contributed by atoms with Crippen molar-refractivity contribution in [2.75, 3.05) is 0 Å². The van der Waals surface area contributed by atoms with Gasteiger partial charge in [-0.3, -0.25) is 4.79 Å². The SMILES string of the molecule is CC(=O)[C@@H]1CC[C@H](c2cnc(OCc3ccccc3F)nc2)N1. The monoisotopic (exact) mass is 315 g/mol. The number of ether oxygens (including phenoxy) is 1. The zero-order valence-electron chi connectivity index (χ0n) is 12.8. The van der Waals surface area contributed by atoms with Crippen molar-refractivity contribution in [3.05, 3.63) is 53.6 Å². The Bertz CT molecular complexity index is 690. The molecule has 1 aromatic heterocycles. The first-order valence-corrected chi connectivity index (χ1v) is 7.58. The maximum absolute atomic E-state index is 13.5. The van der Waals surface area contributed by atoms with Crippen molar-refractivity contribution in [1.82, 2.24) is 15.3 Å². The number of hydrogen-bond donors (Lipinski definition) is 1. The van der Waals surface area contributed by atoms with Gasteiger partial charge in [-0.15, -0.1) is 0 Å². The van der Waals surface area contributed by atoms with Gasteiger partial charge in [-0.2, -0.15) is 0 Å². The molecule has 6 heteroatoms. The normalized spacial score (nSPS) is 20.4. The minimum absolute atomic E-state index is 0.0834. The molecule has 1 aliphatic heterocycles. The van der Waals surface area contributed by atoms with Gasteiger partial charge in [0.2, 0.25) is 0 Å². The van der Waals surface area contributed by atoms with Gasteiger partial charge in [0, 0.05) is 29.6 Å². The summed E-state index contributed by atoms with van der Waals surface area (Å²) in [5, 5.41) is 3.27. The third-order valence-corrected chi connectivity index (χ3v) is 4.00. The lowest BCUT2D eigenvalue weighted by Crippen LogP contribution is -2.30. The van der Waals surface area contributed by atoms with E-state index in [2.05, 4.69) is 15.3 Å². The molecule has 2 atom stereocenters. The highest BCUT2D eigenvalue weighted by molar-refractivity contribution is 5.81. The van der Waals surface area contributed by atoms with E-state index in [-0.39, 0.29) is 36.3 Å². The van der Waals surface area contributed by atoms with E-state index in [1.54, 1.807) is 37.5 Å². The van der Waals surface area contributed by atoms with E-state index in [9.17, 15) is 9.18 Å². The highest BCUT2D eigenvalue weighted by Crippen LogP contribution is 2.26. The summed E-state index contributed by atoms with van der Waals surface area (Å²) in [6, 6.07) is 6.64. The summed E-state index contributed by atoms with van der Waals surface area (Å²) in [7, 11) is 0. The van der Waals surface area contributed by atoms with Gasteiger partial charge in [0.15, 0.2) is 0 Å². The topological polar surface area (TPSA) is 64.1 Å². The number of ketones is 1. The number of rotatable bonds is 5. The first-order valence-electron chi connectivity index (χ1n) is 7.58. The molecule has 5 nitrogen and oxygen atoms in total. The number of benzene rings is 1. The fourth-order valence-corrected chi connectivity index (χ4v) is 2.66. The second kappa shape index (κ2) is 6.83. The van der Waals surface area contributed by atoms with Crippen LogP contribution in [0, 0.1) is 5.82 Å². The molecule has 120 valence electrons. The number of carbonyl (C=O) groups excluding carboxylic acids is 1. The number of aromatic nitrogens is 2. The van der Waals surface area contributed by atoms with Gasteiger partial charge in [-0.25, -0.2) is 14.4 Å². The summed E-state index contributed by atoms with van der Waals surface area (Å²) in [4.78, 5) is 19.7. The molecule has 0 saturated carbocycles. The maximum Gasteiger partial charge on any atom is 0.316 e. The molecule has 3 rings (SSSR count). The van der Waals surface area contributed by atoms with Crippen LogP contribution in [0.1, 0.15) is 36.9 Å². The molecule has 1 aromatic carbocycles. The Hall–Kier alpha value is -2.34.